The van der Waals surface area contributed by atoms with Gasteiger partial charge >= 0.3 is 0 Å². The summed E-state index contributed by atoms with van der Waals surface area (Å²) in [4.78, 5) is 0. The van der Waals surface area contributed by atoms with Gasteiger partial charge in [-0.25, -0.2) is 0 Å². The van der Waals surface area contributed by atoms with Crippen LogP contribution >= 0.6 is 0 Å². The fraction of sp³-hybridized carbons (Fsp3) is 0.429. The summed E-state index contributed by atoms with van der Waals surface area (Å²) < 4.78 is 5.98. The van der Waals surface area contributed by atoms with E-state index in [4.69, 9.17) is 4.74 Å². The van der Waals surface area contributed by atoms with Crippen LogP contribution in [0.3, 0.4) is 0 Å². The average molecular weight is 198 g/mol. The van der Waals surface area contributed by atoms with Gasteiger partial charge in [-0.05, 0) is 48.0 Å². The van der Waals surface area contributed by atoms with Crippen LogP contribution in [0.1, 0.15) is 24.0 Å². The molecule has 3 aliphatic rings. The molecule has 2 heterocycles. The molecule has 2 aliphatic heterocycles. The zero-order chi connectivity index (χ0) is 9.83. The summed E-state index contributed by atoms with van der Waals surface area (Å²) in [6.07, 6.45) is 5.74. The zero-order valence-electron chi connectivity index (χ0n) is 8.70. The summed E-state index contributed by atoms with van der Waals surface area (Å²) in [5, 5.41) is 0. The van der Waals surface area contributed by atoms with E-state index in [2.05, 4.69) is 24.3 Å². The maximum atomic E-state index is 5.98. The molecular weight excluding hydrogens is 184 g/mol. The number of rotatable bonds is 0. The summed E-state index contributed by atoms with van der Waals surface area (Å²) in [5.74, 6) is 0. The monoisotopic (exact) mass is 198 g/mol. The quantitative estimate of drug-likeness (QED) is 0.582. The highest BCUT2D eigenvalue weighted by Gasteiger charge is 2.41. The molecule has 15 heavy (non-hydrogen) atoms. The molecule has 1 aromatic rings. The topological polar surface area (TPSA) is 9.23 Å². The number of hydrogen-bond acceptors (Lipinski definition) is 1. The molecular formula is C14H14O. The molecule has 1 saturated heterocycles. The Morgan fingerprint density at radius 2 is 1.40 bits per heavy atom. The second-order valence-electron chi connectivity index (χ2n) is 4.86. The lowest BCUT2D eigenvalue weighted by atomic mass is 9.79. The maximum Gasteiger partial charge on any atom is 0.0801 e. The molecule has 2 atom stereocenters. The van der Waals surface area contributed by atoms with Gasteiger partial charge < -0.3 is 4.74 Å². The average Bonchev–Trinajstić information content (AvgIpc) is 2.87. The number of hydrogen-bond donors (Lipinski definition) is 0. The molecule has 1 aliphatic carbocycles. The van der Waals surface area contributed by atoms with Crippen LogP contribution in [0, 0.1) is 0 Å². The van der Waals surface area contributed by atoms with Crippen molar-refractivity contribution < 1.29 is 4.74 Å². The normalized spacial score (nSPS) is 31.7. The summed E-state index contributed by atoms with van der Waals surface area (Å²) >= 11 is 0. The molecule has 0 saturated carbocycles. The molecule has 2 bridgehead atoms. The Balaban J connectivity index is 1.81. The van der Waals surface area contributed by atoms with Crippen LogP contribution in [0.5, 0.6) is 0 Å². The van der Waals surface area contributed by atoms with Crippen molar-refractivity contribution in [2.75, 3.05) is 0 Å². The van der Waals surface area contributed by atoms with Crippen molar-refractivity contribution in [3.8, 4) is 0 Å². The van der Waals surface area contributed by atoms with Gasteiger partial charge in [0.05, 0.1) is 12.2 Å². The first-order chi connectivity index (χ1) is 7.42. The van der Waals surface area contributed by atoms with E-state index in [9.17, 15) is 0 Å². The number of benzene rings is 1. The van der Waals surface area contributed by atoms with Crippen molar-refractivity contribution >= 4 is 0 Å². The minimum absolute atomic E-state index is 0.471. The third kappa shape index (κ3) is 1.02. The van der Waals surface area contributed by atoms with Gasteiger partial charge in [-0.3, -0.25) is 0 Å². The highest BCUT2D eigenvalue weighted by molar-refractivity contribution is 5.46. The van der Waals surface area contributed by atoms with Crippen molar-refractivity contribution in [2.45, 2.75) is 37.9 Å². The van der Waals surface area contributed by atoms with Crippen molar-refractivity contribution in [1.29, 1.82) is 0 Å². The van der Waals surface area contributed by atoms with Crippen LogP contribution in [0.15, 0.2) is 35.4 Å². The zero-order valence-corrected chi connectivity index (χ0v) is 8.70. The van der Waals surface area contributed by atoms with Crippen molar-refractivity contribution in [3.05, 3.63) is 46.5 Å². The third-order valence-electron chi connectivity index (χ3n) is 4.09. The SMILES string of the molecule is c1ccc2c(c1)CC1=C(C2)[C@H]2CC[C@@H]1O2. The molecule has 0 spiro atoms. The van der Waals surface area contributed by atoms with Gasteiger partial charge in [0.2, 0.25) is 0 Å². The van der Waals surface area contributed by atoms with E-state index in [1.807, 2.05) is 0 Å². The Morgan fingerprint density at radius 3 is 1.93 bits per heavy atom. The molecule has 76 valence electrons. The van der Waals surface area contributed by atoms with Crippen LogP contribution in [0.4, 0.5) is 0 Å². The number of ether oxygens (including phenoxy) is 1. The Morgan fingerprint density at radius 1 is 0.867 bits per heavy atom. The molecule has 1 aromatic carbocycles. The minimum Gasteiger partial charge on any atom is -0.366 e. The van der Waals surface area contributed by atoms with E-state index in [0.29, 0.717) is 12.2 Å². The Kier molecular flexibility index (Phi) is 1.48. The highest BCUT2D eigenvalue weighted by atomic mass is 16.5. The van der Waals surface area contributed by atoms with Gasteiger partial charge in [-0.2, -0.15) is 0 Å². The molecule has 0 unspecified atom stereocenters. The first-order valence-corrected chi connectivity index (χ1v) is 5.86. The van der Waals surface area contributed by atoms with E-state index in [1.165, 1.54) is 24.0 Å². The summed E-state index contributed by atoms with van der Waals surface area (Å²) in [6.45, 7) is 0. The van der Waals surface area contributed by atoms with Gasteiger partial charge in [0.15, 0.2) is 0 Å². The van der Waals surface area contributed by atoms with Crippen LogP contribution in [0.2, 0.25) is 0 Å². The second kappa shape index (κ2) is 2.73. The first-order valence-electron chi connectivity index (χ1n) is 5.86. The Labute approximate surface area is 89.8 Å². The molecule has 4 rings (SSSR count). The number of fused-ring (bicyclic) bond motifs is 5. The molecule has 1 heteroatoms. The summed E-state index contributed by atoms with van der Waals surface area (Å²) in [7, 11) is 0. The van der Waals surface area contributed by atoms with Crippen molar-refractivity contribution in [2.24, 2.45) is 0 Å². The lowest BCUT2D eigenvalue weighted by Crippen LogP contribution is -2.17. The Bertz CT molecular complexity index is 417. The molecule has 1 fully saturated rings. The molecule has 1 nitrogen and oxygen atoms in total. The van der Waals surface area contributed by atoms with Gasteiger partial charge in [0.1, 0.15) is 0 Å². The summed E-state index contributed by atoms with van der Waals surface area (Å²) in [6, 6.07) is 8.84. The lowest BCUT2D eigenvalue weighted by molar-refractivity contribution is 0.111. The largest absolute Gasteiger partial charge is 0.366 e. The van der Waals surface area contributed by atoms with Crippen LogP contribution in [0.25, 0.3) is 0 Å². The predicted octanol–water partition coefficient (Wildman–Crippen LogP) is 2.64. The standard InChI is InChI=1S/C14H14O/c1-2-4-10-8-12-11(7-9(10)3-1)13-5-6-14(12)15-13/h1-4,13-14H,5-8H2/t13-,14+. The minimum atomic E-state index is 0.471. The molecule has 0 N–H and O–H groups in total. The van der Waals surface area contributed by atoms with Crippen molar-refractivity contribution in [3.63, 3.8) is 0 Å². The fourth-order valence-corrected chi connectivity index (χ4v) is 3.33. The third-order valence-corrected chi connectivity index (χ3v) is 4.09. The maximum absolute atomic E-state index is 5.98. The van der Waals surface area contributed by atoms with Gasteiger partial charge in [-0.1, -0.05) is 24.3 Å². The van der Waals surface area contributed by atoms with E-state index in [1.54, 1.807) is 11.1 Å². The van der Waals surface area contributed by atoms with Crippen LogP contribution in [-0.2, 0) is 17.6 Å². The molecule has 0 radical (unpaired) electrons. The van der Waals surface area contributed by atoms with Gasteiger partial charge in [0.25, 0.3) is 0 Å². The van der Waals surface area contributed by atoms with Crippen LogP contribution < -0.4 is 0 Å². The Hall–Kier alpha value is -1.08. The predicted molar refractivity (Wildman–Crippen MR) is 58.8 cm³/mol. The summed E-state index contributed by atoms with van der Waals surface area (Å²) in [5.41, 5.74) is 6.27. The van der Waals surface area contributed by atoms with E-state index >= 15 is 0 Å². The van der Waals surface area contributed by atoms with E-state index in [-0.39, 0.29) is 0 Å². The second-order valence-corrected chi connectivity index (χ2v) is 4.86. The van der Waals surface area contributed by atoms with E-state index < -0.39 is 0 Å². The lowest BCUT2D eigenvalue weighted by Gasteiger charge is -2.23. The highest BCUT2D eigenvalue weighted by Crippen LogP contribution is 2.44. The fourth-order valence-electron chi connectivity index (χ4n) is 3.33. The smallest absolute Gasteiger partial charge is 0.0801 e. The van der Waals surface area contributed by atoms with Crippen molar-refractivity contribution in [1.82, 2.24) is 0 Å². The van der Waals surface area contributed by atoms with Gasteiger partial charge in [0, 0.05) is 0 Å². The van der Waals surface area contributed by atoms with E-state index in [0.717, 1.165) is 12.8 Å². The first kappa shape index (κ1) is 8.12. The van der Waals surface area contributed by atoms with Gasteiger partial charge in [-0.15, -0.1) is 0 Å². The molecule has 0 aromatic heterocycles. The molecule has 0 amide bonds. The van der Waals surface area contributed by atoms with Crippen LogP contribution in [-0.4, -0.2) is 12.2 Å².